The molecule has 9 heteroatoms. The molecule has 2 aromatic heterocycles. The van der Waals surface area contributed by atoms with Crippen molar-refractivity contribution in [1.29, 1.82) is 0 Å². The van der Waals surface area contributed by atoms with Gasteiger partial charge in [-0.1, -0.05) is 0 Å². The molecule has 1 atom stereocenters. The third kappa shape index (κ3) is 1.96. The molecule has 2 heterocycles. The molecular formula is C9H12N6O2S. The van der Waals surface area contributed by atoms with Gasteiger partial charge in [0.15, 0.2) is 5.82 Å². The van der Waals surface area contributed by atoms with Gasteiger partial charge in [-0.15, -0.1) is 10.2 Å². The maximum absolute atomic E-state index is 10.9. The normalized spacial score (nSPS) is 12.6. The van der Waals surface area contributed by atoms with Crippen LogP contribution >= 0.6 is 12.6 Å². The number of thiol groups is 1. The van der Waals surface area contributed by atoms with Gasteiger partial charge >= 0.3 is 5.82 Å². The van der Waals surface area contributed by atoms with Gasteiger partial charge in [-0.2, -0.15) is 12.6 Å². The van der Waals surface area contributed by atoms with E-state index in [1.54, 1.807) is 17.9 Å². The van der Waals surface area contributed by atoms with Gasteiger partial charge in [0, 0.05) is 7.05 Å². The van der Waals surface area contributed by atoms with Crippen LogP contribution in [0.25, 0.3) is 0 Å². The summed E-state index contributed by atoms with van der Waals surface area (Å²) in [6.45, 7) is 2.26. The smallest absolute Gasteiger partial charge is 0.342 e. The predicted octanol–water partition coefficient (Wildman–Crippen LogP) is 0.959. The Morgan fingerprint density at radius 1 is 1.56 bits per heavy atom. The summed E-state index contributed by atoms with van der Waals surface area (Å²) in [6, 6.07) is 0. The third-order valence-corrected chi connectivity index (χ3v) is 3.07. The SMILES string of the molecule is CCn1c([N+](=O)[O-])cnc1C(S)c1nncn1C. The van der Waals surface area contributed by atoms with Crippen molar-refractivity contribution in [3.05, 3.63) is 34.3 Å². The molecular weight excluding hydrogens is 256 g/mol. The molecule has 0 fully saturated rings. The summed E-state index contributed by atoms with van der Waals surface area (Å²) >= 11 is 4.42. The molecule has 0 saturated heterocycles. The van der Waals surface area contributed by atoms with Crippen LogP contribution in [0.1, 0.15) is 23.8 Å². The van der Waals surface area contributed by atoms with Gasteiger partial charge in [-0.3, -0.25) is 0 Å². The van der Waals surface area contributed by atoms with E-state index >= 15 is 0 Å². The van der Waals surface area contributed by atoms with Crippen LogP contribution in [0.2, 0.25) is 0 Å². The van der Waals surface area contributed by atoms with E-state index in [2.05, 4.69) is 27.8 Å². The second kappa shape index (κ2) is 4.77. The van der Waals surface area contributed by atoms with Crippen LogP contribution < -0.4 is 0 Å². The molecule has 0 aliphatic rings. The van der Waals surface area contributed by atoms with Gasteiger partial charge in [0.1, 0.15) is 17.8 Å². The molecule has 2 aromatic rings. The molecule has 0 aromatic carbocycles. The Balaban J connectivity index is 2.46. The van der Waals surface area contributed by atoms with Crippen LogP contribution in [0.4, 0.5) is 5.82 Å². The molecule has 0 saturated carbocycles. The van der Waals surface area contributed by atoms with Crippen molar-refractivity contribution < 1.29 is 4.92 Å². The van der Waals surface area contributed by atoms with E-state index in [0.29, 0.717) is 18.2 Å². The third-order valence-electron chi connectivity index (χ3n) is 2.60. The van der Waals surface area contributed by atoms with E-state index in [0.717, 1.165) is 0 Å². The first-order valence-corrected chi connectivity index (χ1v) is 5.79. The number of imidazole rings is 1. The summed E-state index contributed by atoms with van der Waals surface area (Å²) in [4.78, 5) is 14.5. The first-order chi connectivity index (χ1) is 8.56. The molecule has 96 valence electrons. The zero-order valence-corrected chi connectivity index (χ0v) is 10.8. The summed E-state index contributed by atoms with van der Waals surface area (Å²) < 4.78 is 3.21. The molecule has 1 unspecified atom stereocenters. The Labute approximate surface area is 108 Å². The number of aromatic nitrogens is 5. The van der Waals surface area contributed by atoms with Crippen molar-refractivity contribution in [2.24, 2.45) is 7.05 Å². The Morgan fingerprint density at radius 3 is 2.78 bits per heavy atom. The Bertz CT molecular complexity index is 577. The number of hydrogen-bond donors (Lipinski definition) is 1. The summed E-state index contributed by atoms with van der Waals surface area (Å²) in [5.74, 6) is 1.03. The maximum atomic E-state index is 10.9. The lowest BCUT2D eigenvalue weighted by Crippen LogP contribution is -2.11. The maximum Gasteiger partial charge on any atom is 0.342 e. The van der Waals surface area contributed by atoms with E-state index in [4.69, 9.17) is 0 Å². The van der Waals surface area contributed by atoms with Crippen LogP contribution in [-0.4, -0.2) is 29.2 Å². The van der Waals surface area contributed by atoms with E-state index in [9.17, 15) is 10.1 Å². The first kappa shape index (κ1) is 12.6. The zero-order chi connectivity index (χ0) is 13.3. The van der Waals surface area contributed by atoms with Gasteiger partial charge in [0.2, 0.25) is 5.82 Å². The number of aryl methyl sites for hydroxylation is 1. The topological polar surface area (TPSA) is 91.7 Å². The van der Waals surface area contributed by atoms with Crippen LogP contribution in [0, 0.1) is 10.1 Å². The molecule has 0 aliphatic carbocycles. The fraction of sp³-hybridized carbons (Fsp3) is 0.444. The highest BCUT2D eigenvalue weighted by molar-refractivity contribution is 7.80. The molecule has 0 N–H and O–H groups in total. The minimum atomic E-state index is -0.461. The van der Waals surface area contributed by atoms with E-state index in [-0.39, 0.29) is 5.82 Å². The quantitative estimate of drug-likeness (QED) is 0.506. The van der Waals surface area contributed by atoms with Crippen molar-refractivity contribution in [3.63, 3.8) is 0 Å². The lowest BCUT2D eigenvalue weighted by atomic mass is 10.3. The average molecular weight is 268 g/mol. The van der Waals surface area contributed by atoms with Crippen molar-refractivity contribution in [1.82, 2.24) is 24.3 Å². The minimum absolute atomic E-state index is 0.0475. The van der Waals surface area contributed by atoms with Gasteiger partial charge in [-0.25, -0.2) is 9.55 Å². The Kier molecular flexibility index (Phi) is 3.32. The van der Waals surface area contributed by atoms with Gasteiger partial charge in [0.05, 0.1) is 6.54 Å². The summed E-state index contributed by atoms with van der Waals surface area (Å²) in [7, 11) is 1.78. The number of nitrogens with zero attached hydrogens (tertiary/aromatic N) is 6. The second-order valence-corrected chi connectivity index (χ2v) is 4.19. The van der Waals surface area contributed by atoms with Crippen molar-refractivity contribution in [2.75, 3.05) is 0 Å². The summed E-state index contributed by atoms with van der Waals surface area (Å²) in [5, 5.41) is 18.1. The molecule has 0 bridgehead atoms. The van der Waals surface area contributed by atoms with Crippen LogP contribution in [-0.2, 0) is 13.6 Å². The second-order valence-electron chi connectivity index (χ2n) is 3.68. The van der Waals surface area contributed by atoms with Crippen molar-refractivity contribution in [3.8, 4) is 0 Å². The highest BCUT2D eigenvalue weighted by Gasteiger charge is 2.27. The highest BCUT2D eigenvalue weighted by Crippen LogP contribution is 2.28. The van der Waals surface area contributed by atoms with Crippen LogP contribution in [0.5, 0.6) is 0 Å². The largest absolute Gasteiger partial charge is 0.358 e. The van der Waals surface area contributed by atoms with E-state index in [1.807, 2.05) is 6.92 Å². The molecule has 2 rings (SSSR count). The zero-order valence-electron chi connectivity index (χ0n) is 9.89. The number of rotatable bonds is 4. The highest BCUT2D eigenvalue weighted by atomic mass is 32.1. The molecule has 8 nitrogen and oxygen atoms in total. The standard InChI is InChI=1S/C9H12N6O2S/c1-3-14-6(15(16)17)4-10-8(14)7(18)9-12-11-5-13(9)2/h4-5,7,18H,3H2,1-2H3. The average Bonchev–Trinajstić information content (AvgIpc) is 2.93. The monoisotopic (exact) mass is 268 g/mol. The summed E-state index contributed by atoms with van der Waals surface area (Å²) in [6.07, 6.45) is 2.78. The molecule has 0 spiro atoms. The number of nitro groups is 1. The molecule has 0 radical (unpaired) electrons. The van der Waals surface area contributed by atoms with E-state index in [1.165, 1.54) is 10.8 Å². The van der Waals surface area contributed by atoms with E-state index < -0.39 is 10.2 Å². The fourth-order valence-electron chi connectivity index (χ4n) is 1.72. The fourth-order valence-corrected chi connectivity index (χ4v) is 2.16. The summed E-state index contributed by atoms with van der Waals surface area (Å²) in [5.41, 5.74) is 0. The predicted molar refractivity (Wildman–Crippen MR) is 66.4 cm³/mol. The molecule has 0 aliphatic heterocycles. The van der Waals surface area contributed by atoms with Gasteiger partial charge < -0.3 is 14.7 Å². The lowest BCUT2D eigenvalue weighted by molar-refractivity contribution is -0.392. The first-order valence-electron chi connectivity index (χ1n) is 5.28. The van der Waals surface area contributed by atoms with Crippen LogP contribution in [0.15, 0.2) is 12.5 Å². The number of hydrogen-bond acceptors (Lipinski definition) is 6. The van der Waals surface area contributed by atoms with Gasteiger partial charge in [-0.05, 0) is 11.8 Å². The Morgan fingerprint density at radius 2 is 2.28 bits per heavy atom. The van der Waals surface area contributed by atoms with Gasteiger partial charge in [0.25, 0.3) is 0 Å². The van der Waals surface area contributed by atoms with Crippen LogP contribution in [0.3, 0.4) is 0 Å². The Hall–Kier alpha value is -1.90. The lowest BCUT2D eigenvalue weighted by Gasteiger charge is -2.08. The van der Waals surface area contributed by atoms with Crippen molar-refractivity contribution >= 4 is 18.4 Å². The van der Waals surface area contributed by atoms with Crippen molar-refractivity contribution in [2.45, 2.75) is 18.7 Å². The molecule has 0 amide bonds. The molecule has 18 heavy (non-hydrogen) atoms. The minimum Gasteiger partial charge on any atom is -0.358 e.